The maximum absolute atomic E-state index is 10.9. The summed E-state index contributed by atoms with van der Waals surface area (Å²) in [6.07, 6.45) is 12.2. The zero-order valence-electron chi connectivity index (χ0n) is 17.7. The number of hydrogen-bond donors (Lipinski definition) is 1. The van der Waals surface area contributed by atoms with E-state index in [9.17, 15) is 5.11 Å². The number of phenolic OH excluding ortho intramolecular Hbond substituents is 1. The standard InChI is InChI=1S/C28H32O/c1-4-23-13-19(9-18(2)3)5-7-25(23)24-6-8-27(29)26(14-24)28-15-20-10-21(16-28)12-22(11-20)17-28/h4-9,13-14,20-22,29H,1,10-12,15-17H2,2-3H3. The molecule has 0 aromatic heterocycles. The van der Waals surface area contributed by atoms with Gasteiger partial charge in [-0.15, -0.1) is 0 Å². The molecule has 150 valence electrons. The van der Waals surface area contributed by atoms with Crippen molar-refractivity contribution >= 4 is 12.2 Å². The molecule has 0 amide bonds. The van der Waals surface area contributed by atoms with Gasteiger partial charge in [-0.2, -0.15) is 0 Å². The highest BCUT2D eigenvalue weighted by Crippen LogP contribution is 2.62. The molecule has 0 radical (unpaired) electrons. The first kappa shape index (κ1) is 18.7. The van der Waals surface area contributed by atoms with Gasteiger partial charge in [-0.1, -0.05) is 42.5 Å². The average molecular weight is 385 g/mol. The summed E-state index contributed by atoms with van der Waals surface area (Å²) in [5, 5.41) is 10.9. The fourth-order valence-corrected chi connectivity index (χ4v) is 7.00. The first-order chi connectivity index (χ1) is 14.0. The highest BCUT2D eigenvalue weighted by Gasteiger charge is 2.52. The molecule has 0 spiro atoms. The van der Waals surface area contributed by atoms with Crippen LogP contribution in [0.1, 0.15) is 69.1 Å². The summed E-state index contributed by atoms with van der Waals surface area (Å²) in [5.74, 6) is 3.11. The van der Waals surface area contributed by atoms with Gasteiger partial charge < -0.3 is 5.11 Å². The molecule has 4 fully saturated rings. The molecule has 1 N–H and O–H groups in total. The average Bonchev–Trinajstić information content (AvgIpc) is 2.67. The van der Waals surface area contributed by atoms with Gasteiger partial charge in [-0.25, -0.2) is 0 Å². The third-order valence-corrected chi connectivity index (χ3v) is 7.67. The van der Waals surface area contributed by atoms with Crippen LogP contribution in [0.2, 0.25) is 0 Å². The highest BCUT2D eigenvalue weighted by atomic mass is 16.3. The molecule has 4 bridgehead atoms. The predicted molar refractivity (Wildman–Crippen MR) is 123 cm³/mol. The maximum atomic E-state index is 10.9. The lowest BCUT2D eigenvalue weighted by Gasteiger charge is -2.57. The minimum absolute atomic E-state index is 0.200. The lowest BCUT2D eigenvalue weighted by molar-refractivity contribution is -0.00611. The molecule has 0 heterocycles. The van der Waals surface area contributed by atoms with Crippen LogP contribution in [0.3, 0.4) is 0 Å². The van der Waals surface area contributed by atoms with Crippen LogP contribution in [0.4, 0.5) is 0 Å². The van der Waals surface area contributed by atoms with Crippen LogP contribution in [0, 0.1) is 17.8 Å². The molecular weight excluding hydrogens is 352 g/mol. The summed E-state index contributed by atoms with van der Waals surface area (Å²) in [4.78, 5) is 0. The summed E-state index contributed by atoms with van der Waals surface area (Å²) in [6, 6.07) is 12.9. The monoisotopic (exact) mass is 384 g/mol. The van der Waals surface area contributed by atoms with E-state index in [1.54, 1.807) is 0 Å². The summed E-state index contributed by atoms with van der Waals surface area (Å²) in [7, 11) is 0. The van der Waals surface area contributed by atoms with E-state index in [2.05, 4.69) is 56.8 Å². The van der Waals surface area contributed by atoms with Crippen LogP contribution >= 0.6 is 0 Å². The summed E-state index contributed by atoms with van der Waals surface area (Å²) >= 11 is 0. The Bertz CT molecular complexity index is 954. The van der Waals surface area contributed by atoms with Gasteiger partial charge in [0.1, 0.15) is 5.75 Å². The third-order valence-electron chi connectivity index (χ3n) is 7.67. The van der Waals surface area contributed by atoms with Crippen LogP contribution in [0.15, 0.2) is 48.6 Å². The predicted octanol–water partition coefficient (Wildman–Crippen LogP) is 7.59. The van der Waals surface area contributed by atoms with E-state index in [-0.39, 0.29) is 5.41 Å². The Morgan fingerprint density at radius 1 is 0.966 bits per heavy atom. The van der Waals surface area contributed by atoms with E-state index in [4.69, 9.17) is 0 Å². The smallest absolute Gasteiger partial charge is 0.119 e. The van der Waals surface area contributed by atoms with Crippen molar-refractivity contribution in [1.82, 2.24) is 0 Å². The van der Waals surface area contributed by atoms with Crippen LogP contribution in [-0.4, -0.2) is 5.11 Å². The van der Waals surface area contributed by atoms with Crippen molar-refractivity contribution in [3.05, 3.63) is 65.2 Å². The second-order valence-electron chi connectivity index (χ2n) is 10.2. The molecule has 2 aromatic rings. The van der Waals surface area contributed by atoms with Gasteiger partial charge in [0, 0.05) is 5.56 Å². The van der Waals surface area contributed by atoms with E-state index in [0.29, 0.717) is 5.75 Å². The largest absolute Gasteiger partial charge is 0.508 e. The van der Waals surface area contributed by atoms with Crippen molar-refractivity contribution in [3.63, 3.8) is 0 Å². The van der Waals surface area contributed by atoms with Crippen molar-refractivity contribution in [2.45, 2.75) is 57.8 Å². The van der Waals surface area contributed by atoms with Gasteiger partial charge in [-0.05, 0) is 116 Å². The van der Waals surface area contributed by atoms with Gasteiger partial charge in [0.25, 0.3) is 0 Å². The molecular formula is C28H32O. The van der Waals surface area contributed by atoms with Crippen LogP contribution in [-0.2, 0) is 5.41 Å². The van der Waals surface area contributed by atoms with Gasteiger partial charge in [0.2, 0.25) is 0 Å². The Kier molecular flexibility index (Phi) is 4.46. The number of aromatic hydroxyl groups is 1. The lowest BCUT2D eigenvalue weighted by atomic mass is 9.48. The molecule has 0 atom stereocenters. The summed E-state index contributed by atoms with van der Waals surface area (Å²) < 4.78 is 0. The van der Waals surface area contributed by atoms with E-state index in [1.165, 1.54) is 66.4 Å². The van der Waals surface area contributed by atoms with Crippen LogP contribution < -0.4 is 0 Å². The van der Waals surface area contributed by atoms with Crippen molar-refractivity contribution in [3.8, 4) is 16.9 Å². The second-order valence-corrected chi connectivity index (χ2v) is 10.2. The van der Waals surface area contributed by atoms with Gasteiger partial charge >= 0.3 is 0 Å². The van der Waals surface area contributed by atoms with Crippen LogP contribution in [0.5, 0.6) is 5.75 Å². The fourth-order valence-electron chi connectivity index (χ4n) is 7.00. The Morgan fingerprint density at radius 3 is 2.21 bits per heavy atom. The zero-order chi connectivity index (χ0) is 20.2. The molecule has 4 aliphatic rings. The number of phenols is 1. The number of rotatable bonds is 4. The Balaban J connectivity index is 1.57. The molecule has 0 saturated heterocycles. The second kappa shape index (κ2) is 6.90. The van der Waals surface area contributed by atoms with Crippen molar-refractivity contribution in [2.24, 2.45) is 17.8 Å². The van der Waals surface area contributed by atoms with E-state index in [0.717, 1.165) is 23.3 Å². The molecule has 0 unspecified atom stereocenters. The Morgan fingerprint density at radius 2 is 1.62 bits per heavy atom. The first-order valence-electron chi connectivity index (χ1n) is 11.2. The molecule has 6 rings (SSSR count). The third kappa shape index (κ3) is 3.25. The fraction of sp³-hybridized carbons (Fsp3) is 0.429. The first-order valence-corrected chi connectivity index (χ1v) is 11.2. The summed E-state index contributed by atoms with van der Waals surface area (Å²) in [5.41, 5.74) is 7.47. The normalized spacial score (nSPS) is 29.7. The Hall–Kier alpha value is -2.28. The van der Waals surface area contributed by atoms with E-state index < -0.39 is 0 Å². The molecule has 1 heteroatoms. The van der Waals surface area contributed by atoms with E-state index in [1.807, 2.05) is 12.1 Å². The molecule has 29 heavy (non-hydrogen) atoms. The van der Waals surface area contributed by atoms with Crippen molar-refractivity contribution < 1.29 is 5.11 Å². The maximum Gasteiger partial charge on any atom is 0.119 e. The number of allylic oxidation sites excluding steroid dienone is 1. The van der Waals surface area contributed by atoms with Gasteiger partial charge in [0.15, 0.2) is 0 Å². The van der Waals surface area contributed by atoms with Crippen LogP contribution in [0.25, 0.3) is 23.3 Å². The summed E-state index contributed by atoms with van der Waals surface area (Å²) in [6.45, 7) is 8.31. The molecule has 0 aliphatic heterocycles. The topological polar surface area (TPSA) is 20.2 Å². The number of hydrogen-bond acceptors (Lipinski definition) is 1. The van der Waals surface area contributed by atoms with Crippen molar-refractivity contribution in [2.75, 3.05) is 0 Å². The molecule has 2 aromatic carbocycles. The van der Waals surface area contributed by atoms with Crippen molar-refractivity contribution in [1.29, 1.82) is 0 Å². The van der Waals surface area contributed by atoms with E-state index >= 15 is 0 Å². The quantitative estimate of drug-likeness (QED) is 0.575. The SMILES string of the molecule is C=Cc1cc(C=C(C)C)ccc1-c1ccc(O)c(C23CC4CC(CC(C4)C2)C3)c1. The minimum atomic E-state index is 0.200. The lowest BCUT2D eigenvalue weighted by Crippen LogP contribution is -2.48. The van der Waals surface area contributed by atoms with Gasteiger partial charge in [-0.3, -0.25) is 0 Å². The zero-order valence-corrected chi connectivity index (χ0v) is 17.7. The minimum Gasteiger partial charge on any atom is -0.508 e. The molecule has 4 saturated carbocycles. The number of benzene rings is 2. The highest BCUT2D eigenvalue weighted by molar-refractivity contribution is 5.78. The molecule has 4 aliphatic carbocycles. The van der Waals surface area contributed by atoms with Gasteiger partial charge in [0.05, 0.1) is 0 Å². The Labute approximate surface area is 175 Å². The molecule has 1 nitrogen and oxygen atoms in total.